The van der Waals surface area contributed by atoms with E-state index >= 15 is 0 Å². The molecule has 0 spiro atoms. The molecule has 0 aromatic heterocycles. The van der Waals surface area contributed by atoms with E-state index in [1.54, 1.807) is 0 Å². The van der Waals surface area contributed by atoms with Crippen LogP contribution in [0.15, 0.2) is 12.2 Å². The summed E-state index contributed by atoms with van der Waals surface area (Å²) in [4.78, 5) is 15.7. The molecule has 138 valence electrons. The van der Waals surface area contributed by atoms with Gasteiger partial charge >= 0.3 is 0 Å². The lowest BCUT2D eigenvalue weighted by Crippen LogP contribution is -2.47. The van der Waals surface area contributed by atoms with Gasteiger partial charge in [-0.15, -0.1) is 0 Å². The summed E-state index contributed by atoms with van der Waals surface area (Å²) in [6.07, 6.45) is 18.3. The van der Waals surface area contributed by atoms with E-state index in [4.69, 9.17) is 0 Å². The fraction of sp³-hybridized carbons (Fsp3) is 0.864. The van der Waals surface area contributed by atoms with E-state index in [9.17, 15) is 4.79 Å². The van der Waals surface area contributed by atoms with Crippen molar-refractivity contribution in [1.29, 1.82) is 0 Å². The molecule has 0 aromatic carbocycles. The highest BCUT2D eigenvalue weighted by molar-refractivity contribution is 5.84. The van der Waals surface area contributed by atoms with E-state index in [1.807, 2.05) is 0 Å². The Hall–Kier alpha value is -0.790. The third kappa shape index (κ3) is 4.43. The van der Waals surface area contributed by atoms with Crippen LogP contribution in [0.3, 0.4) is 0 Å². The second-order valence-corrected chi connectivity index (χ2v) is 8.16. The molecule has 0 heterocycles. The Morgan fingerprint density at radius 2 is 1.62 bits per heavy atom. The molecule has 0 saturated heterocycles. The molecular weight excluding hydrogens is 294 g/mol. The van der Waals surface area contributed by atoms with Crippen molar-refractivity contribution in [2.24, 2.45) is 17.3 Å². The van der Waals surface area contributed by atoms with Crippen LogP contribution in [0.1, 0.15) is 91.4 Å². The Morgan fingerprint density at radius 1 is 0.958 bits per heavy atom. The smallest absolute Gasteiger partial charge is 0.229 e. The van der Waals surface area contributed by atoms with Gasteiger partial charge in [0, 0.05) is 13.1 Å². The van der Waals surface area contributed by atoms with E-state index in [-0.39, 0.29) is 5.41 Å². The van der Waals surface area contributed by atoms with Gasteiger partial charge in [0.1, 0.15) is 0 Å². The summed E-state index contributed by atoms with van der Waals surface area (Å²) >= 11 is 0. The van der Waals surface area contributed by atoms with Gasteiger partial charge in [0.05, 0.1) is 5.41 Å². The van der Waals surface area contributed by atoms with Gasteiger partial charge < -0.3 is 4.90 Å². The van der Waals surface area contributed by atoms with Crippen LogP contribution in [-0.4, -0.2) is 23.9 Å². The molecule has 0 aromatic rings. The van der Waals surface area contributed by atoms with Crippen LogP contribution in [0, 0.1) is 17.3 Å². The molecule has 2 bridgehead atoms. The lowest BCUT2D eigenvalue weighted by atomic mass is 9.70. The molecule has 2 rings (SSSR count). The summed E-state index contributed by atoms with van der Waals surface area (Å²) in [5.41, 5.74) is -0.0610. The first-order valence-electron chi connectivity index (χ1n) is 10.7. The maximum atomic E-state index is 13.5. The van der Waals surface area contributed by atoms with Crippen molar-refractivity contribution in [3.8, 4) is 0 Å². The first-order chi connectivity index (χ1) is 11.7. The molecule has 0 N–H and O–H groups in total. The predicted molar refractivity (Wildman–Crippen MR) is 103 cm³/mol. The van der Waals surface area contributed by atoms with E-state index in [1.165, 1.54) is 44.9 Å². The minimum atomic E-state index is -0.0610. The summed E-state index contributed by atoms with van der Waals surface area (Å²) in [5.74, 6) is 1.67. The minimum absolute atomic E-state index is 0.0610. The Labute approximate surface area is 150 Å². The van der Waals surface area contributed by atoms with Crippen LogP contribution in [0.5, 0.6) is 0 Å². The molecule has 2 aliphatic carbocycles. The van der Waals surface area contributed by atoms with Gasteiger partial charge in [0.2, 0.25) is 5.91 Å². The molecule has 24 heavy (non-hydrogen) atoms. The number of rotatable bonds is 12. The fourth-order valence-electron chi connectivity index (χ4n) is 4.99. The van der Waals surface area contributed by atoms with Crippen LogP contribution in [0.4, 0.5) is 0 Å². The molecule has 1 fully saturated rings. The zero-order chi connectivity index (χ0) is 17.4. The topological polar surface area (TPSA) is 20.3 Å². The third-order valence-electron chi connectivity index (χ3n) is 6.19. The molecule has 3 atom stereocenters. The summed E-state index contributed by atoms with van der Waals surface area (Å²) in [7, 11) is 0. The van der Waals surface area contributed by atoms with Crippen LogP contribution < -0.4 is 0 Å². The lowest BCUT2D eigenvalue weighted by molar-refractivity contribution is -0.144. The third-order valence-corrected chi connectivity index (χ3v) is 6.19. The zero-order valence-electron chi connectivity index (χ0n) is 16.4. The summed E-state index contributed by atoms with van der Waals surface area (Å²) in [6.45, 7) is 8.53. The summed E-state index contributed by atoms with van der Waals surface area (Å²) < 4.78 is 0. The number of amides is 1. The minimum Gasteiger partial charge on any atom is -0.342 e. The van der Waals surface area contributed by atoms with Crippen molar-refractivity contribution >= 4 is 5.91 Å². The number of fused-ring (bicyclic) bond motifs is 2. The first-order valence-corrected chi connectivity index (χ1v) is 10.7. The Kier molecular flexibility index (Phi) is 7.84. The van der Waals surface area contributed by atoms with Crippen LogP contribution in [-0.2, 0) is 4.79 Å². The van der Waals surface area contributed by atoms with Crippen molar-refractivity contribution in [3.63, 3.8) is 0 Å². The lowest BCUT2D eigenvalue weighted by Gasteiger charge is -2.39. The van der Waals surface area contributed by atoms with Crippen LogP contribution in [0.2, 0.25) is 0 Å². The Bertz CT molecular complexity index is 410. The molecule has 2 aliphatic rings. The highest BCUT2D eigenvalue weighted by Gasteiger charge is 2.53. The van der Waals surface area contributed by atoms with Gasteiger partial charge in [-0.25, -0.2) is 0 Å². The number of carbonyl (C=O) groups excluding carboxylic acids is 1. The van der Waals surface area contributed by atoms with Crippen molar-refractivity contribution < 1.29 is 4.79 Å². The second-order valence-electron chi connectivity index (χ2n) is 8.16. The van der Waals surface area contributed by atoms with Crippen LogP contribution in [0.25, 0.3) is 0 Å². The monoisotopic (exact) mass is 333 g/mol. The molecule has 0 aliphatic heterocycles. The van der Waals surface area contributed by atoms with Gasteiger partial charge in [-0.3, -0.25) is 4.79 Å². The van der Waals surface area contributed by atoms with E-state index in [0.29, 0.717) is 17.7 Å². The normalized spacial score (nSPS) is 27.8. The van der Waals surface area contributed by atoms with E-state index in [0.717, 1.165) is 38.8 Å². The highest BCUT2D eigenvalue weighted by atomic mass is 16.2. The maximum absolute atomic E-state index is 13.5. The van der Waals surface area contributed by atoms with Crippen molar-refractivity contribution in [2.75, 3.05) is 13.1 Å². The number of hydrogen-bond acceptors (Lipinski definition) is 1. The Morgan fingerprint density at radius 3 is 2.17 bits per heavy atom. The fourth-order valence-corrected chi connectivity index (χ4v) is 4.99. The largest absolute Gasteiger partial charge is 0.342 e. The average molecular weight is 334 g/mol. The molecule has 3 unspecified atom stereocenters. The number of allylic oxidation sites excluding steroid dienone is 2. The van der Waals surface area contributed by atoms with Gasteiger partial charge in [0.25, 0.3) is 0 Å². The van der Waals surface area contributed by atoms with Crippen molar-refractivity contribution in [1.82, 2.24) is 4.90 Å². The van der Waals surface area contributed by atoms with Crippen LogP contribution >= 0.6 is 0 Å². The zero-order valence-corrected chi connectivity index (χ0v) is 16.4. The summed E-state index contributed by atoms with van der Waals surface area (Å²) in [6, 6.07) is 0. The molecule has 0 radical (unpaired) electrons. The van der Waals surface area contributed by atoms with Gasteiger partial charge in [-0.05, 0) is 43.9 Å². The highest BCUT2D eigenvalue weighted by Crippen LogP contribution is 2.55. The predicted octanol–water partition coefficient (Wildman–Crippen LogP) is 5.97. The second kappa shape index (κ2) is 9.63. The quantitative estimate of drug-likeness (QED) is 0.318. The maximum Gasteiger partial charge on any atom is 0.229 e. The van der Waals surface area contributed by atoms with E-state index < -0.39 is 0 Å². The van der Waals surface area contributed by atoms with E-state index in [2.05, 4.69) is 37.8 Å². The van der Waals surface area contributed by atoms with Crippen molar-refractivity contribution in [3.05, 3.63) is 12.2 Å². The average Bonchev–Trinajstić information content (AvgIpc) is 3.19. The first kappa shape index (κ1) is 19.5. The SMILES string of the molecule is CCCCCCCCC1(C(=O)N(CCC)CCC)CC2C=CC1C2. The molecular formula is C22H39NO. The molecule has 1 amide bonds. The number of unbranched alkanes of at least 4 members (excludes halogenated alkanes) is 5. The number of nitrogens with zero attached hydrogens (tertiary/aromatic N) is 1. The standard InChI is InChI=1S/C22H39NO/c1-4-7-8-9-10-11-14-22(18-19-12-13-20(22)17-19)21(24)23(15-5-2)16-6-3/h12-13,19-20H,4-11,14-18H2,1-3H3. The van der Waals surface area contributed by atoms with Gasteiger partial charge in [0.15, 0.2) is 0 Å². The van der Waals surface area contributed by atoms with Gasteiger partial charge in [-0.2, -0.15) is 0 Å². The molecule has 2 nitrogen and oxygen atoms in total. The number of hydrogen-bond donors (Lipinski definition) is 0. The summed E-state index contributed by atoms with van der Waals surface area (Å²) in [5, 5.41) is 0. The van der Waals surface area contributed by atoms with Crippen molar-refractivity contribution in [2.45, 2.75) is 91.4 Å². The Balaban J connectivity index is 1.99. The van der Waals surface area contributed by atoms with Gasteiger partial charge in [-0.1, -0.05) is 71.4 Å². The molecule has 1 saturated carbocycles. The number of carbonyl (C=O) groups is 1. The molecule has 2 heteroatoms.